The number of aromatic nitrogens is 4. The number of imidazole rings is 1. The summed E-state index contributed by atoms with van der Waals surface area (Å²) < 4.78 is 7.30. The SMILES string of the molecule is O=C(Cn1cnc2ccccc21)Nc1cc2[nH]ccc2nc1N1CCOCC1. The Bertz CT molecular complexity index is 1140. The molecule has 0 unspecified atom stereocenters. The molecule has 28 heavy (non-hydrogen) atoms. The van der Waals surface area contributed by atoms with Crippen LogP contribution in [0.4, 0.5) is 11.5 Å². The van der Waals surface area contributed by atoms with E-state index < -0.39 is 0 Å². The smallest absolute Gasteiger partial charge is 0.244 e. The summed E-state index contributed by atoms with van der Waals surface area (Å²) in [4.78, 5) is 27.2. The second kappa shape index (κ2) is 6.97. The van der Waals surface area contributed by atoms with E-state index in [2.05, 4.69) is 20.2 Å². The summed E-state index contributed by atoms with van der Waals surface area (Å²) in [5.74, 6) is 0.657. The lowest BCUT2D eigenvalue weighted by molar-refractivity contribution is -0.116. The number of morpholine rings is 1. The molecule has 2 N–H and O–H groups in total. The number of para-hydroxylation sites is 2. The van der Waals surface area contributed by atoms with Crippen LogP contribution in [0.3, 0.4) is 0 Å². The van der Waals surface area contributed by atoms with E-state index in [0.717, 1.165) is 41.0 Å². The number of pyridine rings is 1. The van der Waals surface area contributed by atoms with Crippen molar-refractivity contribution in [2.24, 2.45) is 0 Å². The Kier molecular flexibility index (Phi) is 4.17. The van der Waals surface area contributed by atoms with Crippen LogP contribution in [0.15, 0.2) is 48.9 Å². The zero-order chi connectivity index (χ0) is 18.9. The molecule has 0 spiro atoms. The van der Waals surface area contributed by atoms with E-state index in [9.17, 15) is 4.79 Å². The molecule has 1 aromatic carbocycles. The van der Waals surface area contributed by atoms with Crippen LogP contribution in [0.1, 0.15) is 0 Å². The Morgan fingerprint density at radius 2 is 2.04 bits per heavy atom. The Hall–Kier alpha value is -3.39. The topological polar surface area (TPSA) is 88.1 Å². The van der Waals surface area contributed by atoms with Gasteiger partial charge >= 0.3 is 0 Å². The number of nitrogens with zero attached hydrogens (tertiary/aromatic N) is 4. The van der Waals surface area contributed by atoms with Crippen LogP contribution >= 0.6 is 0 Å². The quantitative estimate of drug-likeness (QED) is 0.571. The summed E-state index contributed by atoms with van der Waals surface area (Å²) in [6.45, 7) is 2.99. The van der Waals surface area contributed by atoms with Gasteiger partial charge in [0.2, 0.25) is 5.91 Å². The Morgan fingerprint density at radius 1 is 1.18 bits per heavy atom. The fraction of sp³-hybridized carbons (Fsp3) is 0.250. The molecule has 0 radical (unpaired) electrons. The van der Waals surface area contributed by atoms with E-state index in [-0.39, 0.29) is 12.5 Å². The molecule has 5 rings (SSSR count). The number of carbonyl (C=O) groups is 1. The summed E-state index contributed by atoms with van der Waals surface area (Å²) in [5.41, 5.74) is 4.27. The molecule has 1 saturated heterocycles. The fourth-order valence-electron chi connectivity index (χ4n) is 3.56. The van der Waals surface area contributed by atoms with Crippen LogP contribution in [0, 0.1) is 0 Å². The highest BCUT2D eigenvalue weighted by molar-refractivity contribution is 5.97. The normalized spacial score (nSPS) is 14.6. The third-order valence-corrected chi connectivity index (χ3v) is 4.94. The fourth-order valence-corrected chi connectivity index (χ4v) is 3.56. The van der Waals surface area contributed by atoms with Crippen LogP contribution in [-0.2, 0) is 16.1 Å². The van der Waals surface area contributed by atoms with Gasteiger partial charge in [0.15, 0.2) is 5.82 Å². The predicted molar refractivity (Wildman–Crippen MR) is 107 cm³/mol. The second-order valence-corrected chi connectivity index (χ2v) is 6.78. The molecule has 1 amide bonds. The maximum atomic E-state index is 12.8. The van der Waals surface area contributed by atoms with E-state index >= 15 is 0 Å². The second-order valence-electron chi connectivity index (χ2n) is 6.78. The van der Waals surface area contributed by atoms with Gasteiger partial charge in [0.05, 0.1) is 47.3 Å². The molecule has 0 aliphatic carbocycles. The summed E-state index contributed by atoms with van der Waals surface area (Å²) in [5, 5.41) is 3.04. The van der Waals surface area contributed by atoms with Gasteiger partial charge in [0.1, 0.15) is 6.54 Å². The minimum atomic E-state index is -0.120. The van der Waals surface area contributed by atoms with E-state index in [1.165, 1.54) is 0 Å². The Morgan fingerprint density at radius 3 is 2.93 bits per heavy atom. The van der Waals surface area contributed by atoms with Crippen molar-refractivity contribution >= 4 is 39.5 Å². The van der Waals surface area contributed by atoms with Crippen LogP contribution in [-0.4, -0.2) is 51.7 Å². The zero-order valence-electron chi connectivity index (χ0n) is 15.3. The molecule has 142 valence electrons. The third kappa shape index (κ3) is 3.07. The van der Waals surface area contributed by atoms with Crippen LogP contribution < -0.4 is 10.2 Å². The monoisotopic (exact) mass is 376 g/mol. The zero-order valence-corrected chi connectivity index (χ0v) is 15.3. The molecular formula is C20H20N6O2. The van der Waals surface area contributed by atoms with E-state index in [0.29, 0.717) is 18.9 Å². The lowest BCUT2D eigenvalue weighted by Crippen LogP contribution is -2.37. The molecule has 1 aliphatic rings. The van der Waals surface area contributed by atoms with Crippen molar-refractivity contribution in [2.45, 2.75) is 6.54 Å². The van der Waals surface area contributed by atoms with Crippen molar-refractivity contribution in [3.8, 4) is 0 Å². The first kappa shape index (κ1) is 16.8. The molecule has 8 heteroatoms. The number of rotatable bonds is 4. The highest BCUT2D eigenvalue weighted by Crippen LogP contribution is 2.28. The van der Waals surface area contributed by atoms with Crippen molar-refractivity contribution in [1.82, 2.24) is 19.5 Å². The maximum absolute atomic E-state index is 12.8. The summed E-state index contributed by atoms with van der Waals surface area (Å²) in [6.07, 6.45) is 3.55. The Labute approximate surface area is 161 Å². The summed E-state index contributed by atoms with van der Waals surface area (Å²) in [6, 6.07) is 11.6. The van der Waals surface area contributed by atoms with Gasteiger partial charge in [-0.2, -0.15) is 0 Å². The molecule has 1 fully saturated rings. The summed E-state index contributed by atoms with van der Waals surface area (Å²) >= 11 is 0. The third-order valence-electron chi connectivity index (χ3n) is 4.94. The number of amides is 1. The van der Waals surface area contributed by atoms with E-state index in [1.54, 1.807) is 6.33 Å². The number of nitrogens with one attached hydrogen (secondary N) is 2. The number of ether oxygens (including phenoxy) is 1. The van der Waals surface area contributed by atoms with E-state index in [1.807, 2.05) is 47.2 Å². The van der Waals surface area contributed by atoms with Crippen molar-refractivity contribution in [2.75, 3.05) is 36.5 Å². The minimum Gasteiger partial charge on any atom is -0.378 e. The summed E-state index contributed by atoms with van der Waals surface area (Å²) in [7, 11) is 0. The number of benzene rings is 1. The highest BCUT2D eigenvalue weighted by atomic mass is 16.5. The number of anilines is 2. The standard InChI is InChI=1S/C20H20N6O2/c27-19(12-26-13-22-15-3-1-2-4-18(15)26)23-17-11-16-14(5-6-21-16)24-20(17)25-7-9-28-10-8-25/h1-6,11,13,21H,7-10,12H2,(H,23,27). The number of carbonyl (C=O) groups excluding carboxylic acids is 1. The highest BCUT2D eigenvalue weighted by Gasteiger charge is 2.19. The molecular weight excluding hydrogens is 356 g/mol. The van der Waals surface area contributed by atoms with Gasteiger partial charge in [-0.25, -0.2) is 9.97 Å². The molecule has 0 bridgehead atoms. The predicted octanol–water partition coefficient (Wildman–Crippen LogP) is 2.39. The van der Waals surface area contributed by atoms with Gasteiger partial charge in [0.25, 0.3) is 0 Å². The average molecular weight is 376 g/mol. The average Bonchev–Trinajstić information content (AvgIpc) is 3.35. The number of fused-ring (bicyclic) bond motifs is 2. The van der Waals surface area contributed by atoms with Gasteiger partial charge in [-0.05, 0) is 24.3 Å². The molecule has 0 atom stereocenters. The van der Waals surface area contributed by atoms with Gasteiger partial charge < -0.3 is 24.5 Å². The number of H-pyrrole nitrogens is 1. The van der Waals surface area contributed by atoms with Crippen molar-refractivity contribution in [3.05, 3.63) is 48.9 Å². The van der Waals surface area contributed by atoms with Gasteiger partial charge in [-0.3, -0.25) is 4.79 Å². The number of aromatic amines is 1. The molecule has 1 aliphatic heterocycles. The molecule has 4 aromatic rings. The molecule has 4 heterocycles. The van der Waals surface area contributed by atoms with Gasteiger partial charge in [-0.1, -0.05) is 12.1 Å². The largest absolute Gasteiger partial charge is 0.378 e. The minimum absolute atomic E-state index is 0.120. The van der Waals surface area contributed by atoms with Crippen molar-refractivity contribution < 1.29 is 9.53 Å². The number of hydrogen-bond donors (Lipinski definition) is 2. The maximum Gasteiger partial charge on any atom is 0.244 e. The molecule has 8 nitrogen and oxygen atoms in total. The first-order valence-corrected chi connectivity index (χ1v) is 9.28. The lowest BCUT2D eigenvalue weighted by atomic mass is 10.2. The molecule has 3 aromatic heterocycles. The van der Waals surface area contributed by atoms with Crippen LogP contribution in [0.25, 0.3) is 22.1 Å². The Balaban J connectivity index is 1.43. The lowest BCUT2D eigenvalue weighted by Gasteiger charge is -2.29. The van der Waals surface area contributed by atoms with Crippen molar-refractivity contribution in [1.29, 1.82) is 0 Å². The number of hydrogen-bond acceptors (Lipinski definition) is 5. The first-order valence-electron chi connectivity index (χ1n) is 9.28. The van der Waals surface area contributed by atoms with Crippen LogP contribution in [0.5, 0.6) is 0 Å². The van der Waals surface area contributed by atoms with Gasteiger partial charge in [0, 0.05) is 19.3 Å². The molecule has 0 saturated carbocycles. The van der Waals surface area contributed by atoms with E-state index in [4.69, 9.17) is 9.72 Å². The van der Waals surface area contributed by atoms with Gasteiger partial charge in [-0.15, -0.1) is 0 Å². The first-order chi connectivity index (χ1) is 13.8. The van der Waals surface area contributed by atoms with Crippen molar-refractivity contribution in [3.63, 3.8) is 0 Å². The van der Waals surface area contributed by atoms with Crippen LogP contribution in [0.2, 0.25) is 0 Å².